The number of carbonyl (C=O) groups is 1. The monoisotopic (exact) mass is 222 g/mol. The molecule has 2 atom stereocenters. The lowest BCUT2D eigenvalue weighted by Gasteiger charge is -2.33. The van der Waals surface area contributed by atoms with E-state index in [1.165, 1.54) is 0 Å². The molecule has 16 heavy (non-hydrogen) atoms. The fraction of sp³-hybridized carbons (Fsp3) is 0.417. The Bertz CT molecular complexity index is 353. The van der Waals surface area contributed by atoms with Gasteiger partial charge < -0.3 is 15.8 Å². The summed E-state index contributed by atoms with van der Waals surface area (Å²) in [6.45, 7) is 3.54. The van der Waals surface area contributed by atoms with Crippen LogP contribution in [0.3, 0.4) is 0 Å². The average Bonchev–Trinajstić information content (AvgIpc) is 2.28. The van der Waals surface area contributed by atoms with Crippen LogP contribution in [0.25, 0.3) is 0 Å². The molecule has 0 fully saturated rings. The predicted octanol–water partition coefficient (Wildman–Crippen LogP) is 1.38. The van der Waals surface area contributed by atoms with E-state index in [0.717, 1.165) is 5.69 Å². The summed E-state index contributed by atoms with van der Waals surface area (Å²) in [5.74, 6) is -0.439. The van der Waals surface area contributed by atoms with Gasteiger partial charge in [0.1, 0.15) is 5.54 Å². The molecular weight excluding hydrogens is 204 g/mol. The smallest absolute Gasteiger partial charge is 0.245 e. The van der Waals surface area contributed by atoms with Gasteiger partial charge in [0.2, 0.25) is 5.91 Å². The summed E-state index contributed by atoms with van der Waals surface area (Å²) >= 11 is 0. The zero-order chi connectivity index (χ0) is 12.2. The molecule has 1 amide bonds. The summed E-state index contributed by atoms with van der Waals surface area (Å²) in [7, 11) is 1.55. The van der Waals surface area contributed by atoms with Crippen molar-refractivity contribution in [2.24, 2.45) is 5.73 Å². The second-order valence-electron chi connectivity index (χ2n) is 3.94. The zero-order valence-corrected chi connectivity index (χ0v) is 9.86. The molecule has 88 valence electrons. The van der Waals surface area contributed by atoms with E-state index in [1.54, 1.807) is 21.0 Å². The first-order valence-electron chi connectivity index (χ1n) is 5.16. The number of primary amides is 1. The minimum absolute atomic E-state index is 0.315. The topological polar surface area (TPSA) is 64.3 Å². The number of methoxy groups -OCH3 is 1. The van der Waals surface area contributed by atoms with E-state index < -0.39 is 11.4 Å². The lowest BCUT2D eigenvalue weighted by molar-refractivity contribution is -0.125. The van der Waals surface area contributed by atoms with Gasteiger partial charge in [0.05, 0.1) is 6.10 Å². The molecule has 4 heteroatoms. The Kier molecular flexibility index (Phi) is 3.90. The van der Waals surface area contributed by atoms with Crippen molar-refractivity contribution in [1.29, 1.82) is 0 Å². The maximum Gasteiger partial charge on any atom is 0.245 e. The molecule has 4 nitrogen and oxygen atoms in total. The van der Waals surface area contributed by atoms with Crippen LogP contribution in [0, 0.1) is 0 Å². The standard InChI is InChI=1S/C12H18N2O2/c1-9(16-3)12(2,11(13)15)14-10-7-5-4-6-8-10/h4-9,14H,1-3H3,(H2,13,15). The maximum atomic E-state index is 11.5. The van der Waals surface area contributed by atoms with E-state index in [1.807, 2.05) is 30.3 Å². The number of hydrogen-bond donors (Lipinski definition) is 2. The molecule has 0 aromatic heterocycles. The number of nitrogens with two attached hydrogens (primary N) is 1. The summed E-state index contributed by atoms with van der Waals surface area (Å²) in [5, 5.41) is 3.11. The van der Waals surface area contributed by atoms with Gasteiger partial charge in [-0.3, -0.25) is 4.79 Å². The molecule has 0 saturated carbocycles. The first-order valence-corrected chi connectivity index (χ1v) is 5.16. The number of anilines is 1. The third-order valence-corrected chi connectivity index (χ3v) is 2.86. The molecule has 0 aliphatic carbocycles. The van der Waals surface area contributed by atoms with Crippen LogP contribution in [-0.4, -0.2) is 24.7 Å². The summed E-state index contributed by atoms with van der Waals surface area (Å²) in [6, 6.07) is 9.45. The van der Waals surface area contributed by atoms with Gasteiger partial charge in [0.15, 0.2) is 0 Å². The third kappa shape index (κ3) is 2.52. The van der Waals surface area contributed by atoms with E-state index in [-0.39, 0.29) is 6.10 Å². The van der Waals surface area contributed by atoms with Gasteiger partial charge in [0, 0.05) is 12.8 Å². The van der Waals surface area contributed by atoms with Crippen LogP contribution in [0.2, 0.25) is 0 Å². The molecule has 2 unspecified atom stereocenters. The van der Waals surface area contributed by atoms with E-state index in [0.29, 0.717) is 0 Å². The van der Waals surface area contributed by atoms with Gasteiger partial charge in [0.25, 0.3) is 0 Å². The van der Waals surface area contributed by atoms with Crippen molar-refractivity contribution in [1.82, 2.24) is 0 Å². The lowest BCUT2D eigenvalue weighted by Crippen LogP contribution is -2.56. The van der Waals surface area contributed by atoms with Crippen molar-refractivity contribution in [2.75, 3.05) is 12.4 Å². The van der Waals surface area contributed by atoms with Crippen LogP contribution in [0.1, 0.15) is 13.8 Å². The Morgan fingerprint density at radius 3 is 2.44 bits per heavy atom. The van der Waals surface area contributed by atoms with Crippen molar-refractivity contribution < 1.29 is 9.53 Å². The Balaban J connectivity index is 2.92. The van der Waals surface area contributed by atoms with Crippen LogP contribution >= 0.6 is 0 Å². The highest BCUT2D eigenvalue weighted by atomic mass is 16.5. The van der Waals surface area contributed by atoms with Crippen molar-refractivity contribution in [3.05, 3.63) is 30.3 Å². The highest BCUT2D eigenvalue weighted by Gasteiger charge is 2.37. The van der Waals surface area contributed by atoms with Gasteiger partial charge >= 0.3 is 0 Å². The second kappa shape index (κ2) is 4.99. The number of nitrogens with one attached hydrogen (secondary N) is 1. The van der Waals surface area contributed by atoms with Gasteiger partial charge in [-0.25, -0.2) is 0 Å². The second-order valence-corrected chi connectivity index (χ2v) is 3.94. The maximum absolute atomic E-state index is 11.5. The molecule has 1 aromatic carbocycles. The van der Waals surface area contributed by atoms with E-state index >= 15 is 0 Å². The summed E-state index contributed by atoms with van der Waals surface area (Å²) < 4.78 is 5.19. The van der Waals surface area contributed by atoms with Crippen LogP contribution in [0.4, 0.5) is 5.69 Å². The van der Waals surface area contributed by atoms with Gasteiger partial charge in [-0.2, -0.15) is 0 Å². The Hall–Kier alpha value is -1.55. The first kappa shape index (κ1) is 12.5. The minimum Gasteiger partial charge on any atom is -0.379 e. The molecule has 0 radical (unpaired) electrons. The minimum atomic E-state index is -0.921. The summed E-state index contributed by atoms with van der Waals surface area (Å²) in [4.78, 5) is 11.5. The van der Waals surface area contributed by atoms with Gasteiger partial charge in [-0.1, -0.05) is 18.2 Å². The van der Waals surface area contributed by atoms with Crippen LogP contribution in [0.15, 0.2) is 30.3 Å². The number of para-hydroxylation sites is 1. The molecule has 0 spiro atoms. The lowest BCUT2D eigenvalue weighted by atomic mass is 9.94. The van der Waals surface area contributed by atoms with E-state index in [2.05, 4.69) is 5.32 Å². The fourth-order valence-electron chi connectivity index (χ4n) is 1.42. The fourth-order valence-corrected chi connectivity index (χ4v) is 1.42. The van der Waals surface area contributed by atoms with Crippen molar-refractivity contribution >= 4 is 11.6 Å². The number of amides is 1. The molecule has 1 aromatic rings. The summed E-state index contributed by atoms with van der Waals surface area (Å²) in [6.07, 6.45) is -0.315. The quantitative estimate of drug-likeness (QED) is 0.791. The van der Waals surface area contributed by atoms with Gasteiger partial charge in [-0.15, -0.1) is 0 Å². The van der Waals surface area contributed by atoms with Crippen LogP contribution < -0.4 is 11.1 Å². The molecule has 0 saturated heterocycles. The SMILES string of the molecule is COC(C)C(C)(Nc1ccccc1)C(N)=O. The molecular formula is C12H18N2O2. The molecule has 0 bridgehead atoms. The Morgan fingerprint density at radius 1 is 1.44 bits per heavy atom. The highest BCUT2D eigenvalue weighted by molar-refractivity contribution is 5.88. The largest absolute Gasteiger partial charge is 0.379 e. The molecule has 3 N–H and O–H groups in total. The predicted molar refractivity (Wildman–Crippen MR) is 64.1 cm³/mol. The Labute approximate surface area is 95.8 Å². The van der Waals surface area contributed by atoms with Crippen molar-refractivity contribution in [2.45, 2.75) is 25.5 Å². The Morgan fingerprint density at radius 2 is 2.00 bits per heavy atom. The molecule has 0 aliphatic heterocycles. The highest BCUT2D eigenvalue weighted by Crippen LogP contribution is 2.19. The molecule has 0 aliphatic rings. The first-order chi connectivity index (χ1) is 7.50. The van der Waals surface area contributed by atoms with Crippen molar-refractivity contribution in [3.63, 3.8) is 0 Å². The number of carbonyl (C=O) groups excluding carboxylic acids is 1. The number of benzene rings is 1. The number of hydrogen-bond acceptors (Lipinski definition) is 3. The van der Waals surface area contributed by atoms with E-state index in [9.17, 15) is 4.79 Å². The van der Waals surface area contributed by atoms with Crippen LogP contribution in [0.5, 0.6) is 0 Å². The molecule has 1 rings (SSSR count). The average molecular weight is 222 g/mol. The molecule has 0 heterocycles. The summed E-state index contributed by atoms with van der Waals surface area (Å²) in [5.41, 5.74) is 5.33. The third-order valence-electron chi connectivity index (χ3n) is 2.86. The van der Waals surface area contributed by atoms with E-state index in [4.69, 9.17) is 10.5 Å². The zero-order valence-electron chi connectivity index (χ0n) is 9.86. The van der Waals surface area contributed by atoms with Crippen molar-refractivity contribution in [3.8, 4) is 0 Å². The van der Waals surface area contributed by atoms with Crippen LogP contribution in [-0.2, 0) is 9.53 Å². The number of ether oxygens (including phenoxy) is 1. The van der Waals surface area contributed by atoms with Gasteiger partial charge in [-0.05, 0) is 26.0 Å². The normalized spacial score (nSPS) is 16.2. The number of rotatable bonds is 5.